The maximum absolute atomic E-state index is 13.6. The number of alkyl halides is 2. The molecular weight excluding hydrogens is 358 g/mol. The molecule has 1 aromatic carbocycles. The second-order valence-electron chi connectivity index (χ2n) is 7.99. The van der Waals surface area contributed by atoms with Gasteiger partial charge >= 0.3 is 0 Å². The number of halogens is 2. The van der Waals surface area contributed by atoms with Gasteiger partial charge in [-0.15, -0.1) is 0 Å². The number of benzene rings is 1. The van der Waals surface area contributed by atoms with Gasteiger partial charge in [0.1, 0.15) is 11.6 Å². The van der Waals surface area contributed by atoms with Crippen molar-refractivity contribution in [3.05, 3.63) is 64.1 Å². The smallest absolute Gasteiger partial charge is 0.270 e. The second kappa shape index (κ2) is 6.40. The number of aryl methyl sites for hydroxylation is 1. The summed E-state index contributed by atoms with van der Waals surface area (Å²) in [7, 11) is 0. The Morgan fingerprint density at radius 1 is 1.29 bits per heavy atom. The van der Waals surface area contributed by atoms with Crippen molar-refractivity contribution >= 4 is 18.1 Å². The van der Waals surface area contributed by atoms with Crippen LogP contribution >= 0.6 is 0 Å². The molecule has 0 amide bonds. The minimum atomic E-state index is -2.86. The number of hydrogen-bond acceptors (Lipinski definition) is 4. The Hall–Kier alpha value is -2.76. The molecule has 1 aliphatic heterocycles. The third-order valence-corrected chi connectivity index (χ3v) is 5.41. The standard InChI is InChI=1S/C22H24F2N4/c1-14-10-19-18(13-28(14)21(3)8-9-21)20(27-15(2)26-19)25-12-16-6-5-7-17(11-16)22(4,23)24/h5-7,10-11,13H,1,8-9,12H2,2-4H3,(H,25,26,27). The van der Waals surface area contributed by atoms with Gasteiger partial charge in [-0.3, -0.25) is 0 Å². The highest BCUT2D eigenvalue weighted by atomic mass is 19.3. The van der Waals surface area contributed by atoms with Gasteiger partial charge in [0.2, 0.25) is 0 Å². The van der Waals surface area contributed by atoms with E-state index in [1.54, 1.807) is 6.07 Å². The molecule has 1 aliphatic carbocycles. The molecule has 4 rings (SSSR count). The van der Waals surface area contributed by atoms with E-state index in [0.717, 1.165) is 41.6 Å². The fourth-order valence-corrected chi connectivity index (χ4v) is 3.48. The molecule has 2 aromatic rings. The Kier molecular flexibility index (Phi) is 4.25. The van der Waals surface area contributed by atoms with Gasteiger partial charge in [0, 0.05) is 36.5 Å². The summed E-state index contributed by atoms with van der Waals surface area (Å²) in [6, 6.07) is 6.47. The number of fused-ring (bicyclic) bond motifs is 1. The average molecular weight is 382 g/mol. The summed E-state index contributed by atoms with van der Waals surface area (Å²) in [4.78, 5) is 11.3. The van der Waals surface area contributed by atoms with Crippen LogP contribution in [-0.4, -0.2) is 20.4 Å². The lowest BCUT2D eigenvalue weighted by Gasteiger charge is -2.30. The number of anilines is 1. The third-order valence-electron chi connectivity index (χ3n) is 5.41. The predicted octanol–water partition coefficient (Wildman–Crippen LogP) is 3.41. The predicted molar refractivity (Wildman–Crippen MR) is 107 cm³/mol. The molecule has 2 heterocycles. The van der Waals surface area contributed by atoms with Crippen molar-refractivity contribution in [2.75, 3.05) is 5.32 Å². The number of hydrogen-bond donors (Lipinski definition) is 1. The molecule has 4 nitrogen and oxygen atoms in total. The molecule has 6 heteroatoms. The summed E-state index contributed by atoms with van der Waals surface area (Å²) in [5.74, 6) is -1.50. The van der Waals surface area contributed by atoms with Crippen LogP contribution in [0.25, 0.3) is 12.3 Å². The molecule has 146 valence electrons. The number of nitrogens with zero attached hydrogens (tertiary/aromatic N) is 3. The second-order valence-corrected chi connectivity index (χ2v) is 7.99. The molecule has 0 saturated heterocycles. The SMILES string of the molecule is C=C1C=c2nc(C)nc(NCc3cccc(C(C)(F)F)c3)c2=CN1C1(C)CC1. The van der Waals surface area contributed by atoms with Gasteiger partial charge in [-0.25, -0.2) is 18.7 Å². The largest absolute Gasteiger partial charge is 0.365 e. The zero-order valence-electron chi connectivity index (χ0n) is 16.4. The first-order chi connectivity index (χ1) is 13.2. The average Bonchev–Trinajstić information content (AvgIpc) is 3.37. The fraction of sp³-hybridized carbons (Fsp3) is 0.364. The molecule has 2 aliphatic rings. The summed E-state index contributed by atoms with van der Waals surface area (Å²) < 4.78 is 27.2. The van der Waals surface area contributed by atoms with Crippen LogP contribution in [0.4, 0.5) is 14.6 Å². The molecule has 0 unspecified atom stereocenters. The molecule has 0 spiro atoms. The van der Waals surface area contributed by atoms with Crippen LogP contribution in [0.2, 0.25) is 0 Å². The van der Waals surface area contributed by atoms with Crippen molar-refractivity contribution in [3.8, 4) is 0 Å². The monoisotopic (exact) mass is 382 g/mol. The van der Waals surface area contributed by atoms with Gasteiger partial charge < -0.3 is 10.2 Å². The van der Waals surface area contributed by atoms with Gasteiger partial charge in [0.05, 0.1) is 10.6 Å². The van der Waals surface area contributed by atoms with E-state index in [-0.39, 0.29) is 11.1 Å². The molecular formula is C22H24F2N4. The van der Waals surface area contributed by atoms with Gasteiger partial charge in [0.15, 0.2) is 0 Å². The summed E-state index contributed by atoms with van der Waals surface area (Å²) in [5, 5.41) is 5.05. The summed E-state index contributed by atoms with van der Waals surface area (Å²) in [5.41, 5.74) is 1.82. The zero-order chi connectivity index (χ0) is 20.1. The quantitative estimate of drug-likeness (QED) is 0.861. The van der Waals surface area contributed by atoms with E-state index in [0.29, 0.717) is 18.2 Å². The maximum atomic E-state index is 13.6. The van der Waals surface area contributed by atoms with Gasteiger partial charge in [0.25, 0.3) is 5.92 Å². The number of aromatic nitrogens is 2. The van der Waals surface area contributed by atoms with Crippen LogP contribution in [0, 0.1) is 6.92 Å². The highest BCUT2D eigenvalue weighted by Crippen LogP contribution is 2.43. The fourth-order valence-electron chi connectivity index (χ4n) is 3.48. The molecule has 1 N–H and O–H groups in total. The number of allylic oxidation sites excluding steroid dienone is 1. The number of nitrogens with one attached hydrogen (secondary N) is 1. The van der Waals surface area contributed by atoms with E-state index in [2.05, 4.69) is 39.9 Å². The van der Waals surface area contributed by atoms with Crippen molar-refractivity contribution in [3.63, 3.8) is 0 Å². The summed E-state index contributed by atoms with van der Waals surface area (Å²) >= 11 is 0. The molecule has 0 atom stereocenters. The molecule has 0 bridgehead atoms. The minimum absolute atomic E-state index is 0.0109. The van der Waals surface area contributed by atoms with E-state index < -0.39 is 5.92 Å². The first-order valence-corrected chi connectivity index (χ1v) is 9.43. The van der Waals surface area contributed by atoms with Crippen LogP contribution in [-0.2, 0) is 12.5 Å². The first kappa shape index (κ1) is 18.6. The highest BCUT2D eigenvalue weighted by molar-refractivity contribution is 5.57. The van der Waals surface area contributed by atoms with Gasteiger partial charge in [-0.2, -0.15) is 0 Å². The lowest BCUT2D eigenvalue weighted by Crippen LogP contribution is -2.42. The van der Waals surface area contributed by atoms with Crippen molar-refractivity contribution < 1.29 is 8.78 Å². The third kappa shape index (κ3) is 3.51. The van der Waals surface area contributed by atoms with E-state index in [9.17, 15) is 8.78 Å². The van der Waals surface area contributed by atoms with Crippen LogP contribution < -0.4 is 15.9 Å². The summed E-state index contributed by atoms with van der Waals surface area (Å²) in [6.07, 6.45) is 6.29. The Bertz CT molecular complexity index is 1060. The summed E-state index contributed by atoms with van der Waals surface area (Å²) in [6.45, 7) is 9.54. The molecule has 28 heavy (non-hydrogen) atoms. The van der Waals surface area contributed by atoms with E-state index in [4.69, 9.17) is 0 Å². The van der Waals surface area contributed by atoms with Crippen LogP contribution in [0.3, 0.4) is 0 Å². The highest BCUT2D eigenvalue weighted by Gasteiger charge is 2.43. The van der Waals surface area contributed by atoms with Crippen LogP contribution in [0.15, 0.2) is 36.5 Å². The molecule has 0 radical (unpaired) electrons. The minimum Gasteiger partial charge on any atom is -0.365 e. The lowest BCUT2D eigenvalue weighted by molar-refractivity contribution is 0.0174. The van der Waals surface area contributed by atoms with Crippen LogP contribution in [0.5, 0.6) is 0 Å². The Morgan fingerprint density at radius 2 is 2.04 bits per heavy atom. The normalized spacial score (nSPS) is 17.5. The Morgan fingerprint density at radius 3 is 2.71 bits per heavy atom. The van der Waals surface area contributed by atoms with E-state index in [1.165, 1.54) is 12.1 Å². The first-order valence-electron chi connectivity index (χ1n) is 9.43. The Labute approximate surface area is 163 Å². The van der Waals surface area contributed by atoms with Crippen molar-refractivity contribution in [2.24, 2.45) is 0 Å². The molecule has 1 fully saturated rings. The molecule has 1 aromatic heterocycles. The zero-order valence-corrected chi connectivity index (χ0v) is 16.4. The maximum Gasteiger partial charge on any atom is 0.270 e. The Balaban J connectivity index is 1.67. The molecule has 1 saturated carbocycles. The van der Waals surface area contributed by atoms with Crippen LogP contribution in [0.1, 0.15) is 43.6 Å². The van der Waals surface area contributed by atoms with Gasteiger partial charge in [-0.05, 0) is 44.4 Å². The lowest BCUT2D eigenvalue weighted by atomic mass is 10.1. The van der Waals surface area contributed by atoms with Crippen molar-refractivity contribution in [1.29, 1.82) is 0 Å². The van der Waals surface area contributed by atoms with Gasteiger partial charge in [-0.1, -0.05) is 24.8 Å². The van der Waals surface area contributed by atoms with Crippen molar-refractivity contribution in [2.45, 2.75) is 51.6 Å². The number of rotatable bonds is 5. The van der Waals surface area contributed by atoms with E-state index in [1.807, 2.05) is 19.1 Å². The van der Waals surface area contributed by atoms with Crippen molar-refractivity contribution in [1.82, 2.24) is 14.9 Å². The van der Waals surface area contributed by atoms with E-state index >= 15 is 0 Å². The topological polar surface area (TPSA) is 41.1 Å².